The van der Waals surface area contributed by atoms with Gasteiger partial charge in [-0.1, -0.05) is 0 Å². The minimum absolute atomic E-state index is 0.250. The molecule has 0 spiro atoms. The number of aliphatic hydroxyl groups excluding tert-OH is 2. The lowest BCUT2D eigenvalue weighted by molar-refractivity contribution is 0.215. The number of ether oxygens (including phenoxy) is 2. The highest BCUT2D eigenvalue weighted by Gasteiger charge is 1.51. The first-order valence-corrected chi connectivity index (χ1v) is 3.69. The molecule has 0 aliphatic heterocycles. The van der Waals surface area contributed by atoms with Crippen molar-refractivity contribution in [2.75, 3.05) is 41.7 Å². The van der Waals surface area contributed by atoms with E-state index in [1.54, 1.807) is 28.3 Å². The number of methoxy groups -OCH3 is 2. The van der Waals surface area contributed by atoms with E-state index < -0.39 is 0 Å². The summed E-state index contributed by atoms with van der Waals surface area (Å²) < 4.78 is 8.79. The lowest BCUT2D eigenvalue weighted by atomic mass is 10.9. The Kier molecular flexibility index (Phi) is 134. The van der Waals surface area contributed by atoms with Gasteiger partial charge in [-0.05, 0) is 13.8 Å². The summed E-state index contributed by atoms with van der Waals surface area (Å²) in [7, 11) is 5.93. The van der Waals surface area contributed by atoms with Crippen LogP contribution in [0.1, 0.15) is 13.8 Å². The molecule has 0 aromatic heterocycles. The van der Waals surface area contributed by atoms with Crippen molar-refractivity contribution in [1.82, 2.24) is 0 Å². The zero-order valence-corrected chi connectivity index (χ0v) is 9.13. The lowest BCUT2D eigenvalue weighted by Crippen LogP contribution is -1.73. The minimum Gasteiger partial charge on any atom is -0.400 e. The van der Waals surface area contributed by atoms with Crippen molar-refractivity contribution in [3.63, 3.8) is 0 Å². The third kappa shape index (κ3) is 1090. The van der Waals surface area contributed by atoms with Gasteiger partial charge in [0.1, 0.15) is 0 Å². The van der Waals surface area contributed by atoms with Gasteiger partial charge in [0.25, 0.3) is 0 Å². The number of hydrogen-bond acceptors (Lipinski definition) is 4. The number of hydrogen-bond donors (Lipinski definition) is 2. The van der Waals surface area contributed by atoms with Crippen molar-refractivity contribution >= 4 is 0 Å². The average molecular weight is 184 g/mol. The molecule has 0 aromatic carbocycles. The van der Waals surface area contributed by atoms with Crippen LogP contribution in [0.25, 0.3) is 0 Å². The second-order valence-corrected chi connectivity index (χ2v) is 1.30. The van der Waals surface area contributed by atoms with E-state index in [0.717, 1.165) is 13.7 Å². The Labute approximate surface area is 76.1 Å². The quantitative estimate of drug-likeness (QED) is 0.624. The highest BCUT2D eigenvalue weighted by atomic mass is 16.5. The van der Waals surface area contributed by atoms with Gasteiger partial charge in [-0.15, -0.1) is 0 Å². The summed E-state index contributed by atoms with van der Waals surface area (Å²) in [6, 6.07) is 0. The molecular weight excluding hydrogens is 160 g/mol. The predicted molar refractivity (Wildman–Crippen MR) is 51.4 cm³/mol. The zero-order valence-electron chi connectivity index (χ0n) is 9.13. The summed E-state index contributed by atoms with van der Waals surface area (Å²) in [6.45, 7) is 4.71. The molecule has 0 heterocycles. The van der Waals surface area contributed by atoms with Crippen LogP contribution in [0.15, 0.2) is 0 Å². The van der Waals surface area contributed by atoms with Crippen molar-refractivity contribution in [3.8, 4) is 0 Å². The SMILES string of the molecule is CCO.CCOC.CO.COC. The van der Waals surface area contributed by atoms with Crippen molar-refractivity contribution in [2.24, 2.45) is 0 Å². The molecule has 0 radical (unpaired) electrons. The first kappa shape index (κ1) is 22.6. The van der Waals surface area contributed by atoms with Crippen LogP contribution in [-0.2, 0) is 9.47 Å². The van der Waals surface area contributed by atoms with E-state index >= 15 is 0 Å². The Balaban J connectivity index is -0.0000000368. The van der Waals surface area contributed by atoms with Gasteiger partial charge in [0, 0.05) is 41.7 Å². The highest BCUT2D eigenvalue weighted by Crippen LogP contribution is 1.52. The van der Waals surface area contributed by atoms with Crippen LogP contribution < -0.4 is 0 Å². The zero-order chi connectivity index (χ0) is 10.8. The van der Waals surface area contributed by atoms with Crippen LogP contribution >= 0.6 is 0 Å². The monoisotopic (exact) mass is 184 g/mol. The van der Waals surface area contributed by atoms with Gasteiger partial charge in [-0.25, -0.2) is 0 Å². The normalized spacial score (nSPS) is 6.00. The number of aliphatic hydroxyl groups is 2. The average Bonchev–Trinajstić information content (AvgIpc) is 2.10. The van der Waals surface area contributed by atoms with Gasteiger partial charge >= 0.3 is 0 Å². The third-order valence-corrected chi connectivity index (χ3v) is 0.289. The molecule has 0 unspecified atom stereocenters. The van der Waals surface area contributed by atoms with Crippen LogP contribution in [0.2, 0.25) is 0 Å². The summed E-state index contributed by atoms with van der Waals surface area (Å²) in [5.74, 6) is 0. The predicted octanol–water partition coefficient (Wildman–Crippen LogP) is 0.522. The lowest BCUT2D eigenvalue weighted by Gasteiger charge is -1.76. The van der Waals surface area contributed by atoms with Gasteiger partial charge < -0.3 is 19.7 Å². The molecule has 0 atom stereocenters. The molecule has 0 aliphatic rings. The van der Waals surface area contributed by atoms with Crippen LogP contribution in [0.5, 0.6) is 0 Å². The molecule has 4 heteroatoms. The topological polar surface area (TPSA) is 58.9 Å². The fraction of sp³-hybridized carbons (Fsp3) is 1.00. The maximum absolute atomic E-state index is 7.57. The van der Waals surface area contributed by atoms with E-state index in [9.17, 15) is 0 Å². The first-order valence-electron chi connectivity index (χ1n) is 3.69. The summed E-state index contributed by atoms with van der Waals surface area (Å²) >= 11 is 0. The van der Waals surface area contributed by atoms with E-state index in [1.807, 2.05) is 6.92 Å². The second kappa shape index (κ2) is 71.2. The third-order valence-electron chi connectivity index (χ3n) is 0.289. The Morgan fingerprint density at radius 3 is 1.08 bits per heavy atom. The number of rotatable bonds is 1. The van der Waals surface area contributed by atoms with E-state index in [4.69, 9.17) is 10.2 Å². The summed E-state index contributed by atoms with van der Waals surface area (Å²) in [4.78, 5) is 0. The molecule has 0 saturated carbocycles. The van der Waals surface area contributed by atoms with E-state index in [-0.39, 0.29) is 6.61 Å². The van der Waals surface area contributed by atoms with Crippen LogP contribution in [0.4, 0.5) is 0 Å². The van der Waals surface area contributed by atoms with E-state index in [1.165, 1.54) is 0 Å². The molecule has 0 amide bonds. The van der Waals surface area contributed by atoms with Crippen molar-refractivity contribution in [3.05, 3.63) is 0 Å². The fourth-order valence-corrected chi connectivity index (χ4v) is 0. The van der Waals surface area contributed by atoms with Gasteiger partial charge in [0.2, 0.25) is 0 Å². The van der Waals surface area contributed by atoms with Crippen molar-refractivity contribution < 1.29 is 19.7 Å². The Hall–Kier alpha value is -0.160. The molecule has 0 bridgehead atoms. The maximum Gasteiger partial charge on any atom is 0.0433 e. The summed E-state index contributed by atoms with van der Waals surface area (Å²) in [5, 5.41) is 14.6. The molecule has 0 fully saturated rings. The smallest absolute Gasteiger partial charge is 0.0433 e. The van der Waals surface area contributed by atoms with Gasteiger partial charge in [-0.2, -0.15) is 0 Å². The molecule has 0 rings (SSSR count). The largest absolute Gasteiger partial charge is 0.400 e. The molecule has 0 saturated heterocycles. The molecular formula is C8H24O4. The van der Waals surface area contributed by atoms with Crippen LogP contribution in [0.3, 0.4) is 0 Å². The molecule has 80 valence electrons. The molecule has 0 aliphatic carbocycles. The van der Waals surface area contributed by atoms with E-state index in [0.29, 0.717) is 0 Å². The van der Waals surface area contributed by atoms with Gasteiger partial charge in [0.05, 0.1) is 0 Å². The molecule has 0 aromatic rings. The van der Waals surface area contributed by atoms with Gasteiger partial charge in [0.15, 0.2) is 0 Å². The van der Waals surface area contributed by atoms with Crippen molar-refractivity contribution in [1.29, 1.82) is 0 Å². The maximum atomic E-state index is 7.57. The standard InChI is InChI=1S/C3H8O.2C2H6O.CH4O/c1-3-4-2;1-3-2;1-2-3;1-2/h3H2,1-2H3;1-2H3;3H,2H2,1H3;2H,1H3. The molecule has 12 heavy (non-hydrogen) atoms. The second-order valence-electron chi connectivity index (χ2n) is 1.30. The Morgan fingerprint density at radius 1 is 1.00 bits per heavy atom. The Bertz CT molecular complexity index is 23.0. The minimum atomic E-state index is 0.250. The summed E-state index contributed by atoms with van der Waals surface area (Å²) in [6.07, 6.45) is 0. The van der Waals surface area contributed by atoms with Crippen molar-refractivity contribution in [2.45, 2.75) is 13.8 Å². The van der Waals surface area contributed by atoms with Crippen LogP contribution in [0, 0.1) is 0 Å². The first-order chi connectivity index (χ1) is 5.74. The molecule has 4 nitrogen and oxygen atoms in total. The molecule has 2 N–H and O–H groups in total. The highest BCUT2D eigenvalue weighted by molar-refractivity contribution is 3.94. The van der Waals surface area contributed by atoms with Gasteiger partial charge in [-0.3, -0.25) is 0 Å². The van der Waals surface area contributed by atoms with Crippen LogP contribution in [-0.4, -0.2) is 51.9 Å². The summed E-state index contributed by atoms with van der Waals surface area (Å²) in [5.41, 5.74) is 0. The Morgan fingerprint density at radius 2 is 1.08 bits per heavy atom. The van der Waals surface area contributed by atoms with E-state index in [2.05, 4.69) is 9.47 Å². The fourth-order valence-electron chi connectivity index (χ4n) is 0.